The first-order valence-corrected chi connectivity index (χ1v) is 9.33. The molecule has 7 heteroatoms. The number of carbonyl (C=O) groups is 2. The van der Waals surface area contributed by atoms with E-state index in [0.717, 1.165) is 21.7 Å². The number of hydrogen-bond acceptors (Lipinski definition) is 5. The molecule has 2 amide bonds. The number of amides is 2. The summed E-state index contributed by atoms with van der Waals surface area (Å²) in [6, 6.07) is 10.1. The van der Waals surface area contributed by atoms with Gasteiger partial charge in [0, 0.05) is 5.69 Å². The van der Waals surface area contributed by atoms with E-state index in [1.54, 1.807) is 17.0 Å². The first-order valence-electron chi connectivity index (χ1n) is 9.33. The number of ether oxygens (including phenoxy) is 2. The minimum atomic E-state index is -1.28. The summed E-state index contributed by atoms with van der Waals surface area (Å²) in [5, 5.41) is 11.2. The Morgan fingerprint density at radius 3 is 2.79 bits per heavy atom. The summed E-state index contributed by atoms with van der Waals surface area (Å²) in [5.74, 6) is 0.225. The summed E-state index contributed by atoms with van der Waals surface area (Å²) in [4.78, 5) is 29.1. The number of methoxy groups -OCH3 is 1. The molecule has 2 aromatic rings. The number of carbonyl (C=O) groups excluding carboxylic acids is 2. The van der Waals surface area contributed by atoms with Crippen molar-refractivity contribution in [1.29, 1.82) is 0 Å². The van der Waals surface area contributed by atoms with E-state index in [0.29, 0.717) is 17.9 Å². The fourth-order valence-electron chi connectivity index (χ4n) is 4.03. The van der Waals surface area contributed by atoms with Crippen LogP contribution < -0.4 is 14.5 Å². The van der Waals surface area contributed by atoms with Crippen molar-refractivity contribution in [3.8, 4) is 5.75 Å². The molecule has 4 rings (SSSR count). The normalized spacial score (nSPS) is 19.8. The fraction of sp³-hybridized carbons (Fsp3) is 0.273. The van der Waals surface area contributed by atoms with Gasteiger partial charge in [-0.05, 0) is 42.7 Å². The molecule has 0 bridgehead atoms. The van der Waals surface area contributed by atoms with Gasteiger partial charge >= 0.3 is 6.09 Å². The van der Waals surface area contributed by atoms with Gasteiger partial charge in [0.15, 0.2) is 6.23 Å². The number of nitrogens with zero attached hydrogens (tertiary/aromatic N) is 2. The van der Waals surface area contributed by atoms with Crippen LogP contribution in [0.15, 0.2) is 49.1 Å². The first-order chi connectivity index (χ1) is 14.0. The van der Waals surface area contributed by atoms with Gasteiger partial charge in [0.25, 0.3) is 5.91 Å². The highest BCUT2D eigenvalue weighted by Crippen LogP contribution is 2.42. The number of benzene rings is 2. The molecular weight excluding hydrogens is 372 g/mol. The standard InChI is InChI=1S/C22H22N2O5/c1-4-9-29-22(27)24-17-10-13(2)19(28-3)12-15(17)20(25)23-16-8-6-5-7-14(16)11-18(23)21(24)26/h4-8,10,12,18,21,26H,1,9,11H2,2-3H3/t18-,21-/m0/s1. The van der Waals surface area contributed by atoms with Gasteiger partial charge in [-0.3, -0.25) is 4.79 Å². The average molecular weight is 394 g/mol. The lowest BCUT2D eigenvalue weighted by Crippen LogP contribution is -2.52. The van der Waals surface area contributed by atoms with E-state index in [-0.39, 0.29) is 18.1 Å². The molecule has 0 saturated carbocycles. The molecule has 150 valence electrons. The molecule has 2 aliphatic heterocycles. The Hall–Kier alpha value is -3.32. The number of aliphatic hydroxyl groups is 1. The second kappa shape index (κ2) is 7.25. The molecule has 0 radical (unpaired) electrons. The summed E-state index contributed by atoms with van der Waals surface area (Å²) in [7, 11) is 1.52. The van der Waals surface area contributed by atoms with Gasteiger partial charge in [-0.15, -0.1) is 0 Å². The van der Waals surface area contributed by atoms with Crippen molar-refractivity contribution in [3.63, 3.8) is 0 Å². The molecule has 0 fully saturated rings. The van der Waals surface area contributed by atoms with Gasteiger partial charge in [-0.25, -0.2) is 9.69 Å². The number of aryl methyl sites for hydroxylation is 1. The van der Waals surface area contributed by atoms with Crippen LogP contribution in [0.4, 0.5) is 16.2 Å². The predicted molar refractivity (Wildman–Crippen MR) is 109 cm³/mol. The molecule has 2 aliphatic rings. The molecule has 0 unspecified atom stereocenters. The lowest BCUT2D eigenvalue weighted by Gasteiger charge is -2.31. The second-order valence-corrected chi connectivity index (χ2v) is 7.06. The van der Waals surface area contributed by atoms with Crippen molar-refractivity contribution >= 4 is 23.4 Å². The Morgan fingerprint density at radius 2 is 2.07 bits per heavy atom. The van der Waals surface area contributed by atoms with Gasteiger partial charge < -0.3 is 19.5 Å². The van der Waals surface area contributed by atoms with Crippen LogP contribution in [-0.2, 0) is 11.2 Å². The zero-order chi connectivity index (χ0) is 20.7. The highest BCUT2D eigenvalue weighted by Gasteiger charge is 2.47. The summed E-state index contributed by atoms with van der Waals surface area (Å²) in [5.41, 5.74) is 2.96. The number of anilines is 2. The maximum Gasteiger partial charge on any atom is 0.416 e. The molecule has 2 aromatic carbocycles. The summed E-state index contributed by atoms with van der Waals surface area (Å²) in [6.07, 6.45) is -0.143. The van der Waals surface area contributed by atoms with Gasteiger partial charge in [-0.1, -0.05) is 30.9 Å². The Morgan fingerprint density at radius 1 is 1.31 bits per heavy atom. The molecule has 0 saturated heterocycles. The molecule has 0 spiro atoms. The van der Waals surface area contributed by atoms with Crippen molar-refractivity contribution < 1.29 is 24.2 Å². The number of fused-ring (bicyclic) bond motifs is 4. The number of rotatable bonds is 3. The van der Waals surface area contributed by atoms with E-state index in [1.807, 2.05) is 31.2 Å². The van der Waals surface area contributed by atoms with E-state index in [4.69, 9.17) is 9.47 Å². The van der Waals surface area contributed by atoms with Crippen LogP contribution in [0.3, 0.4) is 0 Å². The minimum absolute atomic E-state index is 0.00488. The SMILES string of the molecule is C=CCOC(=O)N1c2cc(C)c(OC)cc2C(=O)N2c3ccccc3C[C@H]2[C@@H]1O. The van der Waals surface area contributed by atoms with Crippen molar-refractivity contribution in [2.24, 2.45) is 0 Å². The maximum absolute atomic E-state index is 13.6. The molecule has 1 N–H and O–H groups in total. The molecule has 0 aromatic heterocycles. The predicted octanol–water partition coefficient (Wildman–Crippen LogP) is 3.04. The molecule has 7 nitrogen and oxygen atoms in total. The zero-order valence-electron chi connectivity index (χ0n) is 16.3. The average Bonchev–Trinajstić information content (AvgIpc) is 3.08. The van der Waals surface area contributed by atoms with Crippen LogP contribution >= 0.6 is 0 Å². The summed E-state index contributed by atoms with van der Waals surface area (Å²) in [6.45, 7) is 5.36. The molecule has 29 heavy (non-hydrogen) atoms. The highest BCUT2D eigenvalue weighted by atomic mass is 16.6. The molecular formula is C22H22N2O5. The lowest BCUT2D eigenvalue weighted by molar-refractivity contribution is 0.0916. The van der Waals surface area contributed by atoms with Crippen LogP contribution in [-0.4, -0.2) is 43.1 Å². The van der Waals surface area contributed by atoms with E-state index in [2.05, 4.69) is 6.58 Å². The van der Waals surface area contributed by atoms with Gasteiger partial charge in [0.1, 0.15) is 12.4 Å². The van der Waals surface area contributed by atoms with E-state index in [1.165, 1.54) is 13.2 Å². The van der Waals surface area contributed by atoms with Crippen molar-refractivity contribution in [2.75, 3.05) is 23.5 Å². The monoisotopic (exact) mass is 394 g/mol. The van der Waals surface area contributed by atoms with Crippen molar-refractivity contribution in [3.05, 3.63) is 65.7 Å². The van der Waals surface area contributed by atoms with Crippen LogP contribution in [0.5, 0.6) is 5.75 Å². The van der Waals surface area contributed by atoms with Crippen LogP contribution in [0.2, 0.25) is 0 Å². The first kappa shape index (κ1) is 19.0. The number of para-hydroxylation sites is 1. The van der Waals surface area contributed by atoms with E-state index >= 15 is 0 Å². The Bertz CT molecular complexity index is 1000. The third-order valence-electron chi connectivity index (χ3n) is 5.36. The minimum Gasteiger partial charge on any atom is -0.496 e. The molecule has 0 aliphatic carbocycles. The second-order valence-electron chi connectivity index (χ2n) is 7.06. The highest BCUT2D eigenvalue weighted by molar-refractivity contribution is 6.14. The van der Waals surface area contributed by atoms with Gasteiger partial charge in [0.05, 0.1) is 24.4 Å². The fourth-order valence-corrected chi connectivity index (χ4v) is 4.03. The number of aliphatic hydroxyl groups excluding tert-OH is 1. The lowest BCUT2D eigenvalue weighted by atomic mass is 10.1. The Kier molecular flexibility index (Phi) is 4.76. The summed E-state index contributed by atoms with van der Waals surface area (Å²) < 4.78 is 10.6. The number of hydrogen-bond donors (Lipinski definition) is 1. The van der Waals surface area contributed by atoms with Crippen LogP contribution in [0, 0.1) is 6.92 Å². The van der Waals surface area contributed by atoms with Crippen LogP contribution in [0.25, 0.3) is 0 Å². The van der Waals surface area contributed by atoms with E-state index in [9.17, 15) is 14.7 Å². The van der Waals surface area contributed by atoms with Gasteiger partial charge in [-0.2, -0.15) is 0 Å². The van der Waals surface area contributed by atoms with Crippen LogP contribution in [0.1, 0.15) is 21.5 Å². The van der Waals surface area contributed by atoms with Crippen molar-refractivity contribution in [2.45, 2.75) is 25.6 Å². The quantitative estimate of drug-likeness (QED) is 0.810. The van der Waals surface area contributed by atoms with Crippen molar-refractivity contribution in [1.82, 2.24) is 0 Å². The largest absolute Gasteiger partial charge is 0.496 e. The van der Waals surface area contributed by atoms with Gasteiger partial charge in [0.2, 0.25) is 0 Å². The smallest absolute Gasteiger partial charge is 0.416 e. The Labute approximate surface area is 168 Å². The third kappa shape index (κ3) is 2.94. The Balaban J connectivity index is 1.91. The zero-order valence-corrected chi connectivity index (χ0v) is 16.3. The molecule has 2 atom stereocenters. The topological polar surface area (TPSA) is 79.3 Å². The maximum atomic E-state index is 13.6. The summed E-state index contributed by atoms with van der Waals surface area (Å²) >= 11 is 0. The van der Waals surface area contributed by atoms with E-state index < -0.39 is 18.4 Å². The third-order valence-corrected chi connectivity index (χ3v) is 5.36. The molecule has 2 heterocycles.